The molecule has 21 heavy (non-hydrogen) atoms. The third kappa shape index (κ3) is 3.38. The molecular weight excluding hydrogens is 265 g/mol. The zero-order chi connectivity index (χ0) is 14.7. The van der Waals surface area contributed by atoms with Crippen molar-refractivity contribution in [1.82, 2.24) is 10.2 Å². The molecule has 2 heterocycles. The van der Waals surface area contributed by atoms with Gasteiger partial charge in [-0.2, -0.15) is 0 Å². The maximum atomic E-state index is 14.4. The van der Waals surface area contributed by atoms with Crippen LogP contribution < -0.4 is 10.2 Å². The number of piperazine rings is 1. The van der Waals surface area contributed by atoms with Gasteiger partial charge in [0.2, 0.25) is 0 Å². The number of nitrogens with zero attached hydrogens (tertiary/aromatic N) is 2. The van der Waals surface area contributed by atoms with Crippen molar-refractivity contribution >= 4 is 5.69 Å². The number of benzene rings is 1. The number of nitrogens with one attached hydrogen (secondary N) is 1. The van der Waals surface area contributed by atoms with Gasteiger partial charge in [-0.15, -0.1) is 0 Å². The Bertz CT molecular complexity index is 477. The molecule has 2 saturated heterocycles. The number of rotatable bonds is 4. The second-order valence-electron chi connectivity index (χ2n) is 6.20. The van der Waals surface area contributed by atoms with Crippen LogP contribution >= 0.6 is 0 Å². The summed E-state index contributed by atoms with van der Waals surface area (Å²) in [6, 6.07) is 6.31. The lowest BCUT2D eigenvalue weighted by atomic mass is 9.99. The molecule has 0 saturated carbocycles. The Balaban J connectivity index is 1.68. The average Bonchev–Trinajstić information content (AvgIpc) is 2.52. The fraction of sp³-hybridized carbons (Fsp3) is 0.647. The van der Waals surface area contributed by atoms with Crippen molar-refractivity contribution in [2.45, 2.75) is 38.8 Å². The first-order valence-corrected chi connectivity index (χ1v) is 8.26. The average molecular weight is 291 g/mol. The Kier molecular flexibility index (Phi) is 4.76. The summed E-state index contributed by atoms with van der Waals surface area (Å²) >= 11 is 0. The molecule has 1 N–H and O–H groups in total. The molecule has 0 radical (unpaired) electrons. The van der Waals surface area contributed by atoms with Crippen LogP contribution in [0, 0.1) is 5.82 Å². The first-order valence-electron chi connectivity index (χ1n) is 8.26. The number of anilines is 1. The molecule has 4 heteroatoms. The van der Waals surface area contributed by atoms with E-state index in [9.17, 15) is 4.39 Å². The summed E-state index contributed by atoms with van der Waals surface area (Å²) < 4.78 is 14.4. The summed E-state index contributed by atoms with van der Waals surface area (Å²) in [5.41, 5.74) is 1.80. The summed E-state index contributed by atoms with van der Waals surface area (Å²) in [5.74, 6) is -0.0744. The smallest absolute Gasteiger partial charge is 0.146 e. The lowest BCUT2D eigenvalue weighted by Gasteiger charge is -2.45. The Hall–Kier alpha value is -1.13. The van der Waals surface area contributed by atoms with Gasteiger partial charge in [-0.1, -0.05) is 19.4 Å². The molecule has 1 unspecified atom stereocenters. The van der Waals surface area contributed by atoms with E-state index < -0.39 is 0 Å². The first-order chi connectivity index (χ1) is 10.3. The van der Waals surface area contributed by atoms with E-state index in [-0.39, 0.29) is 5.82 Å². The fourth-order valence-corrected chi connectivity index (χ4v) is 3.56. The second kappa shape index (κ2) is 6.75. The molecule has 0 amide bonds. The third-order valence-corrected chi connectivity index (χ3v) is 4.77. The van der Waals surface area contributed by atoms with E-state index in [1.165, 1.54) is 25.8 Å². The second-order valence-corrected chi connectivity index (χ2v) is 6.20. The van der Waals surface area contributed by atoms with Crippen LogP contribution in [0.15, 0.2) is 18.2 Å². The lowest BCUT2D eigenvalue weighted by molar-refractivity contribution is 0.133. The van der Waals surface area contributed by atoms with E-state index in [2.05, 4.69) is 22.0 Å². The van der Waals surface area contributed by atoms with Gasteiger partial charge in [0.25, 0.3) is 0 Å². The molecule has 2 aliphatic rings. The van der Waals surface area contributed by atoms with Crippen LogP contribution in [0.3, 0.4) is 0 Å². The van der Waals surface area contributed by atoms with E-state index in [1.54, 1.807) is 6.07 Å². The summed E-state index contributed by atoms with van der Waals surface area (Å²) in [6.45, 7) is 7.93. The van der Waals surface area contributed by atoms with Crippen LogP contribution in [0.1, 0.15) is 31.7 Å². The minimum absolute atomic E-state index is 0.0744. The quantitative estimate of drug-likeness (QED) is 0.920. The molecule has 3 rings (SSSR count). The standard InChI is InChI=1S/C17H26FN3/c1-2-19-12-14-6-7-17(16(18)11-14)21-10-9-20-8-4-3-5-15(20)13-21/h6-7,11,15,19H,2-5,8-10,12-13H2,1H3. The number of piperidine rings is 1. The van der Waals surface area contributed by atoms with Crippen molar-refractivity contribution in [2.24, 2.45) is 0 Å². The zero-order valence-corrected chi connectivity index (χ0v) is 12.9. The van der Waals surface area contributed by atoms with Crippen molar-refractivity contribution in [3.8, 4) is 0 Å². The Morgan fingerprint density at radius 3 is 2.95 bits per heavy atom. The number of hydrogen-bond acceptors (Lipinski definition) is 3. The van der Waals surface area contributed by atoms with Crippen molar-refractivity contribution < 1.29 is 4.39 Å². The molecule has 1 aromatic rings. The van der Waals surface area contributed by atoms with E-state index in [0.717, 1.165) is 44.0 Å². The predicted molar refractivity (Wildman–Crippen MR) is 85.2 cm³/mol. The highest BCUT2D eigenvalue weighted by atomic mass is 19.1. The number of halogens is 1. The van der Waals surface area contributed by atoms with Gasteiger partial charge in [0.15, 0.2) is 0 Å². The monoisotopic (exact) mass is 291 g/mol. The molecule has 1 aromatic carbocycles. The van der Waals surface area contributed by atoms with E-state index in [4.69, 9.17) is 0 Å². The van der Waals surface area contributed by atoms with E-state index in [1.807, 2.05) is 12.1 Å². The van der Waals surface area contributed by atoms with Gasteiger partial charge in [-0.05, 0) is 43.6 Å². The van der Waals surface area contributed by atoms with Crippen molar-refractivity contribution in [1.29, 1.82) is 0 Å². The molecule has 2 aliphatic heterocycles. The van der Waals surface area contributed by atoms with Crippen LogP contribution in [-0.4, -0.2) is 43.7 Å². The fourth-order valence-electron chi connectivity index (χ4n) is 3.56. The normalized spacial score (nSPS) is 23.1. The SMILES string of the molecule is CCNCc1ccc(N2CCN3CCCCC3C2)c(F)c1. The molecule has 3 nitrogen and oxygen atoms in total. The minimum atomic E-state index is -0.0744. The molecule has 0 aromatic heterocycles. The summed E-state index contributed by atoms with van der Waals surface area (Å²) in [6.07, 6.45) is 3.90. The van der Waals surface area contributed by atoms with Gasteiger partial charge in [0.05, 0.1) is 5.69 Å². The Labute approximate surface area is 127 Å². The maximum absolute atomic E-state index is 14.4. The van der Waals surface area contributed by atoms with Crippen molar-refractivity contribution in [3.63, 3.8) is 0 Å². The van der Waals surface area contributed by atoms with Crippen molar-refractivity contribution in [3.05, 3.63) is 29.6 Å². The van der Waals surface area contributed by atoms with E-state index in [0.29, 0.717) is 6.04 Å². The highest BCUT2D eigenvalue weighted by molar-refractivity contribution is 5.50. The van der Waals surface area contributed by atoms with Crippen LogP contribution in [0.5, 0.6) is 0 Å². The van der Waals surface area contributed by atoms with Crippen LogP contribution in [0.4, 0.5) is 10.1 Å². The van der Waals surface area contributed by atoms with Gasteiger partial charge in [-0.3, -0.25) is 4.90 Å². The summed E-state index contributed by atoms with van der Waals surface area (Å²) in [5, 5.41) is 3.24. The highest BCUT2D eigenvalue weighted by Crippen LogP contribution is 2.27. The van der Waals surface area contributed by atoms with Crippen LogP contribution in [0.2, 0.25) is 0 Å². The van der Waals surface area contributed by atoms with Gasteiger partial charge in [0.1, 0.15) is 5.82 Å². The van der Waals surface area contributed by atoms with Crippen LogP contribution in [0.25, 0.3) is 0 Å². The predicted octanol–water partition coefficient (Wildman–Crippen LogP) is 2.61. The Morgan fingerprint density at radius 2 is 2.14 bits per heavy atom. The number of hydrogen-bond donors (Lipinski definition) is 1. The molecule has 2 fully saturated rings. The summed E-state index contributed by atoms with van der Waals surface area (Å²) in [4.78, 5) is 4.82. The zero-order valence-electron chi connectivity index (χ0n) is 12.9. The highest BCUT2D eigenvalue weighted by Gasteiger charge is 2.29. The Morgan fingerprint density at radius 1 is 1.24 bits per heavy atom. The lowest BCUT2D eigenvalue weighted by Crippen LogP contribution is -2.55. The van der Waals surface area contributed by atoms with Gasteiger partial charge in [0, 0.05) is 32.2 Å². The first kappa shape index (κ1) is 14.8. The maximum Gasteiger partial charge on any atom is 0.146 e. The molecule has 0 aliphatic carbocycles. The van der Waals surface area contributed by atoms with Crippen LogP contribution in [-0.2, 0) is 6.54 Å². The molecule has 116 valence electrons. The summed E-state index contributed by atoms with van der Waals surface area (Å²) in [7, 11) is 0. The minimum Gasteiger partial charge on any atom is -0.366 e. The van der Waals surface area contributed by atoms with E-state index >= 15 is 0 Å². The molecule has 0 spiro atoms. The number of fused-ring (bicyclic) bond motifs is 1. The molecular formula is C17H26FN3. The van der Waals surface area contributed by atoms with Crippen molar-refractivity contribution in [2.75, 3.05) is 37.6 Å². The third-order valence-electron chi connectivity index (χ3n) is 4.77. The van der Waals surface area contributed by atoms with Gasteiger partial charge >= 0.3 is 0 Å². The molecule has 0 bridgehead atoms. The topological polar surface area (TPSA) is 18.5 Å². The molecule has 1 atom stereocenters. The largest absolute Gasteiger partial charge is 0.366 e. The van der Waals surface area contributed by atoms with Gasteiger partial charge in [-0.25, -0.2) is 4.39 Å². The van der Waals surface area contributed by atoms with Gasteiger partial charge < -0.3 is 10.2 Å².